The molecule has 1 unspecified atom stereocenters. The Kier molecular flexibility index (Phi) is 5.50. The SMILES string of the molecule is CNCC(CN(C=O)c1cc(F)c(N2CC3(CSC3)C2)c(F)c1)OC. The van der Waals surface area contributed by atoms with Crippen LogP contribution in [0.5, 0.6) is 0 Å². The Labute approximate surface area is 150 Å². The van der Waals surface area contributed by atoms with Gasteiger partial charge in [-0.25, -0.2) is 8.78 Å². The van der Waals surface area contributed by atoms with E-state index in [4.69, 9.17) is 4.74 Å². The van der Waals surface area contributed by atoms with Gasteiger partial charge in [0.1, 0.15) is 5.69 Å². The van der Waals surface area contributed by atoms with E-state index in [1.165, 1.54) is 24.1 Å². The predicted molar refractivity (Wildman–Crippen MR) is 96.5 cm³/mol. The van der Waals surface area contributed by atoms with E-state index in [0.717, 1.165) is 11.5 Å². The standard InChI is InChI=1S/C17H23F2N3O2S/c1-20-5-13(24-2)6-21(11-23)12-3-14(18)16(15(19)4-12)22-7-17(8-22)9-25-10-17/h3-4,11,13,20H,5-10H2,1-2H3. The molecule has 0 aromatic heterocycles. The molecule has 0 saturated carbocycles. The average molecular weight is 371 g/mol. The van der Waals surface area contributed by atoms with Gasteiger partial charge < -0.3 is 19.9 Å². The number of halogens is 2. The Morgan fingerprint density at radius 1 is 1.40 bits per heavy atom. The first-order chi connectivity index (χ1) is 12.0. The van der Waals surface area contributed by atoms with Gasteiger partial charge in [-0.05, 0) is 19.2 Å². The van der Waals surface area contributed by atoms with Crippen LogP contribution in [0.4, 0.5) is 20.2 Å². The Bertz CT molecular complexity index is 611. The fourth-order valence-corrected chi connectivity index (χ4v) is 4.54. The van der Waals surface area contributed by atoms with Gasteiger partial charge in [0.05, 0.1) is 12.6 Å². The molecule has 2 aliphatic heterocycles. The zero-order valence-corrected chi connectivity index (χ0v) is 15.2. The summed E-state index contributed by atoms with van der Waals surface area (Å²) in [5.74, 6) is 0.860. The van der Waals surface area contributed by atoms with Crippen LogP contribution in [0.15, 0.2) is 12.1 Å². The molecule has 1 spiro atoms. The van der Waals surface area contributed by atoms with Crippen molar-refractivity contribution in [3.05, 3.63) is 23.8 Å². The van der Waals surface area contributed by atoms with Gasteiger partial charge in [0.25, 0.3) is 0 Å². The molecule has 5 nitrogen and oxygen atoms in total. The number of rotatable bonds is 8. The van der Waals surface area contributed by atoms with Crippen molar-refractivity contribution < 1.29 is 18.3 Å². The number of thioether (sulfide) groups is 1. The number of benzene rings is 1. The summed E-state index contributed by atoms with van der Waals surface area (Å²) in [5.41, 5.74) is 0.451. The van der Waals surface area contributed by atoms with Gasteiger partial charge in [-0.2, -0.15) is 11.8 Å². The first-order valence-electron chi connectivity index (χ1n) is 8.23. The molecule has 2 heterocycles. The third-order valence-electron chi connectivity index (χ3n) is 4.81. The zero-order valence-electron chi connectivity index (χ0n) is 14.4. The highest BCUT2D eigenvalue weighted by Gasteiger charge is 2.49. The highest BCUT2D eigenvalue weighted by atomic mass is 32.2. The molecule has 8 heteroatoms. The highest BCUT2D eigenvalue weighted by molar-refractivity contribution is 8.00. The number of carbonyl (C=O) groups excluding carboxylic acids is 1. The van der Waals surface area contributed by atoms with Crippen LogP contribution in [0.3, 0.4) is 0 Å². The second kappa shape index (κ2) is 7.47. The monoisotopic (exact) mass is 371 g/mol. The summed E-state index contributed by atoms with van der Waals surface area (Å²) in [6.07, 6.45) is 0.298. The van der Waals surface area contributed by atoms with Gasteiger partial charge in [0, 0.05) is 49.4 Å². The van der Waals surface area contributed by atoms with Crippen LogP contribution in [0.2, 0.25) is 0 Å². The van der Waals surface area contributed by atoms with E-state index in [9.17, 15) is 13.6 Å². The number of ether oxygens (including phenoxy) is 1. The Balaban J connectivity index is 1.75. The molecule has 1 aromatic carbocycles. The van der Waals surface area contributed by atoms with Crippen LogP contribution in [-0.2, 0) is 9.53 Å². The Hall–Kier alpha value is -1.38. The minimum atomic E-state index is -0.633. The molecule has 1 atom stereocenters. The summed E-state index contributed by atoms with van der Waals surface area (Å²) < 4.78 is 34.4. The second-order valence-electron chi connectivity index (χ2n) is 6.78. The van der Waals surface area contributed by atoms with Crippen LogP contribution in [0.1, 0.15) is 0 Å². The largest absolute Gasteiger partial charge is 0.378 e. The molecular weight excluding hydrogens is 348 g/mol. The average Bonchev–Trinajstić information content (AvgIpc) is 2.50. The molecule has 1 amide bonds. The van der Waals surface area contributed by atoms with E-state index in [1.807, 2.05) is 11.8 Å². The molecule has 3 rings (SSSR count). The Morgan fingerprint density at radius 2 is 2.04 bits per heavy atom. The molecular formula is C17H23F2N3O2S. The minimum absolute atomic E-state index is 0.00985. The first kappa shape index (κ1) is 18.4. The van der Waals surface area contributed by atoms with Gasteiger partial charge in [-0.3, -0.25) is 4.79 Å². The van der Waals surface area contributed by atoms with E-state index in [-0.39, 0.29) is 29.4 Å². The van der Waals surface area contributed by atoms with Crippen molar-refractivity contribution >= 4 is 29.5 Å². The van der Waals surface area contributed by atoms with Gasteiger partial charge in [0.2, 0.25) is 6.41 Å². The lowest BCUT2D eigenvalue weighted by Crippen LogP contribution is -2.63. The lowest BCUT2D eigenvalue weighted by atomic mass is 9.82. The predicted octanol–water partition coefficient (Wildman–Crippen LogP) is 1.72. The molecule has 2 fully saturated rings. The molecule has 1 N–H and O–H groups in total. The van der Waals surface area contributed by atoms with E-state index in [2.05, 4.69) is 5.32 Å². The minimum Gasteiger partial charge on any atom is -0.378 e. The second-order valence-corrected chi connectivity index (χ2v) is 7.77. The van der Waals surface area contributed by atoms with Crippen LogP contribution in [0, 0.1) is 17.0 Å². The lowest BCUT2D eigenvalue weighted by molar-refractivity contribution is -0.107. The van der Waals surface area contributed by atoms with E-state index in [0.29, 0.717) is 26.0 Å². The highest BCUT2D eigenvalue weighted by Crippen LogP contribution is 2.47. The van der Waals surface area contributed by atoms with Crippen molar-refractivity contribution in [1.29, 1.82) is 0 Å². The summed E-state index contributed by atoms with van der Waals surface area (Å²) in [5, 5.41) is 2.96. The quantitative estimate of drug-likeness (QED) is 0.705. The third kappa shape index (κ3) is 3.61. The summed E-state index contributed by atoms with van der Waals surface area (Å²) >= 11 is 1.87. The van der Waals surface area contributed by atoms with Gasteiger partial charge >= 0.3 is 0 Å². The number of carbonyl (C=O) groups is 1. The number of methoxy groups -OCH3 is 1. The van der Waals surface area contributed by atoms with Crippen molar-refractivity contribution in [2.24, 2.45) is 5.41 Å². The number of nitrogens with one attached hydrogen (secondary N) is 1. The van der Waals surface area contributed by atoms with E-state index < -0.39 is 11.6 Å². The Morgan fingerprint density at radius 3 is 2.48 bits per heavy atom. The summed E-state index contributed by atoms with van der Waals surface area (Å²) in [4.78, 5) is 14.4. The normalized spacial score (nSPS) is 19.3. The van der Waals surface area contributed by atoms with Gasteiger partial charge in [-0.15, -0.1) is 0 Å². The maximum Gasteiger partial charge on any atom is 0.214 e. The molecule has 138 valence electrons. The maximum atomic E-state index is 14.5. The maximum absolute atomic E-state index is 14.5. The van der Waals surface area contributed by atoms with Crippen LogP contribution in [0.25, 0.3) is 0 Å². The van der Waals surface area contributed by atoms with Gasteiger partial charge in [0.15, 0.2) is 11.6 Å². The van der Waals surface area contributed by atoms with Crippen LogP contribution >= 0.6 is 11.8 Å². The van der Waals surface area contributed by atoms with Crippen molar-refractivity contribution in [3.63, 3.8) is 0 Å². The molecule has 25 heavy (non-hydrogen) atoms. The van der Waals surface area contributed by atoms with Crippen molar-refractivity contribution in [2.45, 2.75) is 6.10 Å². The molecule has 0 bridgehead atoms. The van der Waals surface area contributed by atoms with Crippen LogP contribution < -0.4 is 15.1 Å². The van der Waals surface area contributed by atoms with E-state index >= 15 is 0 Å². The number of anilines is 2. The number of likely N-dealkylation sites (N-methyl/N-ethyl adjacent to an activating group) is 1. The fourth-order valence-electron chi connectivity index (χ4n) is 3.39. The first-order valence-corrected chi connectivity index (χ1v) is 9.38. The summed E-state index contributed by atoms with van der Waals surface area (Å²) in [6.45, 7) is 2.12. The molecule has 1 aromatic rings. The lowest BCUT2D eigenvalue weighted by Gasteiger charge is -2.56. The molecule has 2 saturated heterocycles. The van der Waals surface area contributed by atoms with Gasteiger partial charge in [-0.1, -0.05) is 0 Å². The summed E-state index contributed by atoms with van der Waals surface area (Å²) in [6, 6.07) is 2.44. The summed E-state index contributed by atoms with van der Waals surface area (Å²) in [7, 11) is 3.31. The van der Waals surface area contributed by atoms with Crippen LogP contribution in [-0.4, -0.2) is 64.4 Å². The number of nitrogens with zero attached hydrogens (tertiary/aromatic N) is 2. The fraction of sp³-hybridized carbons (Fsp3) is 0.588. The van der Waals surface area contributed by atoms with E-state index in [1.54, 1.807) is 11.9 Å². The molecule has 0 aliphatic carbocycles. The van der Waals surface area contributed by atoms with Crippen molar-refractivity contribution in [2.75, 3.05) is 61.6 Å². The molecule has 2 aliphatic rings. The number of hydrogen-bond acceptors (Lipinski definition) is 5. The number of hydrogen-bond donors (Lipinski definition) is 1. The molecule has 0 radical (unpaired) electrons. The van der Waals surface area contributed by atoms with Crippen molar-refractivity contribution in [1.82, 2.24) is 5.32 Å². The number of amides is 1. The topological polar surface area (TPSA) is 44.8 Å². The zero-order chi connectivity index (χ0) is 18.0. The smallest absolute Gasteiger partial charge is 0.214 e. The van der Waals surface area contributed by atoms with Crippen molar-refractivity contribution in [3.8, 4) is 0 Å². The third-order valence-corrected chi connectivity index (χ3v) is 6.44.